The predicted molar refractivity (Wildman–Crippen MR) is 79.4 cm³/mol. The highest BCUT2D eigenvalue weighted by molar-refractivity contribution is 5.45. The maximum absolute atomic E-state index is 10.9. The van der Waals surface area contributed by atoms with Crippen molar-refractivity contribution < 1.29 is 19.3 Å². The molecule has 1 unspecified atom stereocenters. The van der Waals surface area contributed by atoms with E-state index in [0.29, 0.717) is 24.7 Å². The minimum absolute atomic E-state index is 0.0230. The lowest BCUT2D eigenvalue weighted by Crippen LogP contribution is -2.36. The van der Waals surface area contributed by atoms with Gasteiger partial charge in [-0.1, -0.05) is 19.9 Å². The summed E-state index contributed by atoms with van der Waals surface area (Å²) < 4.78 is 16.3. The summed E-state index contributed by atoms with van der Waals surface area (Å²) in [6.07, 6.45) is 0. The molecule has 4 heteroatoms. The second kappa shape index (κ2) is 7.50. The van der Waals surface area contributed by atoms with Crippen LogP contribution in [0.3, 0.4) is 0 Å². The van der Waals surface area contributed by atoms with Crippen molar-refractivity contribution in [2.75, 3.05) is 26.9 Å². The first-order valence-corrected chi connectivity index (χ1v) is 7.11. The van der Waals surface area contributed by atoms with Crippen LogP contribution in [0.15, 0.2) is 18.2 Å². The second-order valence-electron chi connectivity index (χ2n) is 5.04. The maximum Gasteiger partial charge on any atom is 0.161 e. The minimum atomic E-state index is -1.04. The van der Waals surface area contributed by atoms with E-state index in [2.05, 4.69) is 0 Å². The molecule has 0 bridgehead atoms. The van der Waals surface area contributed by atoms with Crippen molar-refractivity contribution in [2.45, 2.75) is 33.3 Å². The Balaban J connectivity index is 3.20. The number of ether oxygens (including phenoxy) is 3. The molecular formula is C16H26O4. The molecule has 0 aliphatic heterocycles. The Bertz CT molecular complexity index is 417. The third kappa shape index (κ3) is 3.64. The van der Waals surface area contributed by atoms with E-state index in [1.807, 2.05) is 45.9 Å². The van der Waals surface area contributed by atoms with Gasteiger partial charge in [-0.3, -0.25) is 0 Å². The average Bonchev–Trinajstić information content (AvgIpc) is 2.41. The fraction of sp³-hybridized carbons (Fsp3) is 0.625. The smallest absolute Gasteiger partial charge is 0.161 e. The van der Waals surface area contributed by atoms with E-state index in [9.17, 15) is 5.11 Å². The van der Waals surface area contributed by atoms with Gasteiger partial charge in [0.25, 0.3) is 0 Å². The van der Waals surface area contributed by atoms with E-state index < -0.39 is 5.60 Å². The summed E-state index contributed by atoms with van der Waals surface area (Å²) in [5.74, 6) is 1.37. The van der Waals surface area contributed by atoms with Crippen molar-refractivity contribution in [3.63, 3.8) is 0 Å². The molecule has 0 saturated heterocycles. The Morgan fingerprint density at radius 3 is 2.20 bits per heavy atom. The normalized spacial score (nSPS) is 14.2. The average molecular weight is 282 g/mol. The minimum Gasteiger partial charge on any atom is -0.490 e. The van der Waals surface area contributed by atoms with Crippen LogP contribution in [0.1, 0.15) is 33.3 Å². The second-order valence-corrected chi connectivity index (χ2v) is 5.04. The first-order chi connectivity index (χ1) is 9.49. The fourth-order valence-electron chi connectivity index (χ4n) is 2.12. The monoisotopic (exact) mass is 282 g/mol. The lowest BCUT2D eigenvalue weighted by molar-refractivity contribution is -0.0701. The van der Waals surface area contributed by atoms with Gasteiger partial charge >= 0.3 is 0 Å². The molecule has 0 aromatic heterocycles. The van der Waals surface area contributed by atoms with Gasteiger partial charge in [-0.05, 0) is 37.5 Å². The lowest BCUT2D eigenvalue weighted by atomic mass is 9.84. The zero-order chi connectivity index (χ0) is 15.2. The third-order valence-corrected chi connectivity index (χ3v) is 3.36. The van der Waals surface area contributed by atoms with Crippen LogP contribution in [-0.4, -0.2) is 32.0 Å². The molecule has 20 heavy (non-hydrogen) atoms. The maximum atomic E-state index is 10.9. The molecule has 0 saturated carbocycles. The molecule has 0 aliphatic rings. The van der Waals surface area contributed by atoms with Crippen molar-refractivity contribution in [3.8, 4) is 11.5 Å². The zero-order valence-corrected chi connectivity index (χ0v) is 13.1. The van der Waals surface area contributed by atoms with Crippen molar-refractivity contribution in [1.29, 1.82) is 0 Å². The predicted octanol–water partition coefficient (Wildman–Crippen LogP) is 2.97. The van der Waals surface area contributed by atoms with Crippen molar-refractivity contribution in [3.05, 3.63) is 23.8 Å². The number of hydrogen-bond donors (Lipinski definition) is 1. The Morgan fingerprint density at radius 2 is 1.70 bits per heavy atom. The van der Waals surface area contributed by atoms with Gasteiger partial charge in [0.1, 0.15) is 5.60 Å². The van der Waals surface area contributed by atoms with Crippen molar-refractivity contribution >= 4 is 0 Å². The lowest BCUT2D eigenvalue weighted by Gasteiger charge is -2.32. The summed E-state index contributed by atoms with van der Waals surface area (Å²) in [6, 6.07) is 5.55. The SMILES string of the molecule is CCOc1ccc(C(O)(COC)C(C)C)cc1OCC. The number of methoxy groups -OCH3 is 1. The molecule has 1 atom stereocenters. The summed E-state index contributed by atoms with van der Waals surface area (Å²) >= 11 is 0. The van der Waals surface area contributed by atoms with Gasteiger partial charge in [-0.25, -0.2) is 0 Å². The number of benzene rings is 1. The highest BCUT2D eigenvalue weighted by Crippen LogP contribution is 2.36. The van der Waals surface area contributed by atoms with Crippen LogP contribution < -0.4 is 9.47 Å². The summed E-state index contributed by atoms with van der Waals surface area (Å²) in [7, 11) is 1.59. The van der Waals surface area contributed by atoms with E-state index in [1.54, 1.807) is 7.11 Å². The van der Waals surface area contributed by atoms with Crippen LogP contribution in [0.4, 0.5) is 0 Å². The van der Waals surface area contributed by atoms with E-state index in [4.69, 9.17) is 14.2 Å². The van der Waals surface area contributed by atoms with Crippen LogP contribution >= 0.6 is 0 Å². The van der Waals surface area contributed by atoms with Crippen molar-refractivity contribution in [2.24, 2.45) is 5.92 Å². The summed E-state index contributed by atoms with van der Waals surface area (Å²) in [4.78, 5) is 0. The van der Waals surface area contributed by atoms with E-state index in [-0.39, 0.29) is 12.5 Å². The largest absolute Gasteiger partial charge is 0.490 e. The number of hydrogen-bond acceptors (Lipinski definition) is 4. The van der Waals surface area contributed by atoms with Gasteiger partial charge in [0.15, 0.2) is 11.5 Å². The molecule has 0 fully saturated rings. The van der Waals surface area contributed by atoms with Crippen LogP contribution in [0, 0.1) is 5.92 Å². The van der Waals surface area contributed by atoms with E-state index >= 15 is 0 Å². The summed E-state index contributed by atoms with van der Waals surface area (Å²) in [6.45, 7) is 9.15. The number of rotatable bonds is 8. The molecule has 0 heterocycles. The van der Waals surface area contributed by atoms with Crippen LogP contribution in [-0.2, 0) is 10.3 Å². The summed E-state index contributed by atoms with van der Waals surface area (Å²) in [5.41, 5.74) is -0.257. The Labute approximate surface area is 121 Å². The molecule has 1 aromatic carbocycles. The molecule has 4 nitrogen and oxygen atoms in total. The Hall–Kier alpha value is -1.26. The van der Waals surface area contributed by atoms with Crippen LogP contribution in [0.5, 0.6) is 11.5 Å². The Morgan fingerprint density at radius 1 is 1.10 bits per heavy atom. The summed E-state index contributed by atoms with van der Waals surface area (Å²) in [5, 5.41) is 10.9. The first-order valence-electron chi connectivity index (χ1n) is 7.11. The highest BCUT2D eigenvalue weighted by Gasteiger charge is 2.34. The number of aliphatic hydroxyl groups is 1. The third-order valence-electron chi connectivity index (χ3n) is 3.36. The topological polar surface area (TPSA) is 47.9 Å². The fourth-order valence-corrected chi connectivity index (χ4v) is 2.12. The van der Waals surface area contributed by atoms with E-state index in [0.717, 1.165) is 5.56 Å². The highest BCUT2D eigenvalue weighted by atomic mass is 16.5. The van der Waals surface area contributed by atoms with Crippen molar-refractivity contribution in [1.82, 2.24) is 0 Å². The standard InChI is InChI=1S/C16H26O4/c1-6-19-14-9-8-13(10-15(14)20-7-2)16(17,11-18-5)12(3)4/h8-10,12,17H,6-7,11H2,1-5H3. The molecule has 0 spiro atoms. The van der Waals surface area contributed by atoms with E-state index in [1.165, 1.54) is 0 Å². The molecule has 114 valence electrons. The van der Waals surface area contributed by atoms with Gasteiger partial charge in [-0.2, -0.15) is 0 Å². The van der Waals surface area contributed by atoms with Gasteiger partial charge < -0.3 is 19.3 Å². The van der Waals surface area contributed by atoms with Crippen LogP contribution in [0.25, 0.3) is 0 Å². The molecule has 0 amide bonds. The quantitative estimate of drug-likeness (QED) is 0.796. The first kappa shape index (κ1) is 16.8. The van der Waals surface area contributed by atoms with Gasteiger partial charge in [0.2, 0.25) is 0 Å². The van der Waals surface area contributed by atoms with Gasteiger partial charge in [0, 0.05) is 7.11 Å². The molecular weight excluding hydrogens is 256 g/mol. The molecule has 0 aliphatic carbocycles. The molecule has 1 N–H and O–H groups in total. The van der Waals surface area contributed by atoms with Gasteiger partial charge in [-0.15, -0.1) is 0 Å². The molecule has 0 radical (unpaired) electrons. The molecule has 1 aromatic rings. The van der Waals surface area contributed by atoms with Gasteiger partial charge in [0.05, 0.1) is 19.8 Å². The molecule has 1 rings (SSSR count). The Kier molecular flexibility index (Phi) is 6.30. The zero-order valence-electron chi connectivity index (χ0n) is 13.1. The van der Waals surface area contributed by atoms with Crippen LogP contribution in [0.2, 0.25) is 0 Å².